The summed E-state index contributed by atoms with van der Waals surface area (Å²) >= 11 is 0. The molecule has 2 N–H and O–H groups in total. The Labute approximate surface area is 123 Å². The lowest BCUT2D eigenvalue weighted by atomic mass is 9.69. The van der Waals surface area contributed by atoms with Crippen LogP contribution in [0.25, 0.3) is 0 Å². The summed E-state index contributed by atoms with van der Waals surface area (Å²) < 4.78 is 0. The third-order valence-electron chi connectivity index (χ3n) is 7.22. The van der Waals surface area contributed by atoms with Crippen LogP contribution < -0.4 is 10.6 Å². The highest BCUT2D eigenvalue weighted by molar-refractivity contribution is 5.86. The molecule has 2 saturated carbocycles. The standard InChI is InChI=1S/C17H30N2O/c1-15(2)12-7-9-16(15,3)13(11-12)19-14(20)17(4)8-5-6-10-18-17/h12-13,18H,5-11H2,1-4H3,(H,19,20). The second kappa shape index (κ2) is 4.46. The molecule has 3 rings (SSSR count). The average Bonchev–Trinajstić information content (AvgIpc) is 2.73. The Bertz CT molecular complexity index is 411. The molecule has 2 aliphatic carbocycles. The Morgan fingerprint density at radius 3 is 2.40 bits per heavy atom. The van der Waals surface area contributed by atoms with Gasteiger partial charge >= 0.3 is 0 Å². The van der Waals surface area contributed by atoms with E-state index in [2.05, 4.69) is 38.3 Å². The molecule has 114 valence electrons. The Kier molecular flexibility index (Phi) is 3.20. The summed E-state index contributed by atoms with van der Waals surface area (Å²) in [5, 5.41) is 6.85. The third-order valence-corrected chi connectivity index (χ3v) is 7.22. The van der Waals surface area contributed by atoms with Gasteiger partial charge < -0.3 is 10.6 Å². The molecular weight excluding hydrogens is 248 g/mol. The molecule has 1 amide bonds. The van der Waals surface area contributed by atoms with E-state index in [0.29, 0.717) is 11.5 Å². The van der Waals surface area contributed by atoms with Crippen molar-refractivity contribution in [2.75, 3.05) is 6.54 Å². The first kappa shape index (κ1) is 14.4. The summed E-state index contributed by atoms with van der Waals surface area (Å²) in [5.74, 6) is 1.01. The number of hydrogen-bond donors (Lipinski definition) is 2. The van der Waals surface area contributed by atoms with E-state index in [9.17, 15) is 4.79 Å². The van der Waals surface area contributed by atoms with E-state index in [-0.39, 0.29) is 16.9 Å². The zero-order valence-electron chi connectivity index (χ0n) is 13.5. The topological polar surface area (TPSA) is 41.1 Å². The molecule has 3 aliphatic rings. The van der Waals surface area contributed by atoms with Crippen LogP contribution in [-0.4, -0.2) is 24.0 Å². The van der Waals surface area contributed by atoms with Crippen molar-refractivity contribution >= 4 is 5.91 Å². The molecule has 2 bridgehead atoms. The van der Waals surface area contributed by atoms with Gasteiger partial charge in [-0.05, 0) is 68.7 Å². The predicted molar refractivity (Wildman–Crippen MR) is 81.4 cm³/mol. The molecule has 0 aromatic rings. The number of nitrogens with one attached hydrogen (secondary N) is 2. The van der Waals surface area contributed by atoms with Crippen molar-refractivity contribution in [3.63, 3.8) is 0 Å². The van der Waals surface area contributed by atoms with Crippen LogP contribution in [0.15, 0.2) is 0 Å². The Morgan fingerprint density at radius 1 is 1.15 bits per heavy atom. The number of fused-ring (bicyclic) bond motifs is 2. The predicted octanol–water partition coefficient (Wildman–Crippen LogP) is 2.85. The molecular formula is C17H30N2O. The van der Waals surface area contributed by atoms with Gasteiger partial charge in [0.1, 0.15) is 0 Å². The number of carbonyl (C=O) groups excluding carboxylic acids is 1. The number of carbonyl (C=O) groups is 1. The molecule has 0 radical (unpaired) electrons. The molecule has 1 saturated heterocycles. The number of amides is 1. The monoisotopic (exact) mass is 278 g/mol. The van der Waals surface area contributed by atoms with Crippen molar-refractivity contribution in [1.29, 1.82) is 0 Å². The largest absolute Gasteiger partial charge is 0.351 e. The van der Waals surface area contributed by atoms with Gasteiger partial charge in [0.05, 0.1) is 5.54 Å². The van der Waals surface area contributed by atoms with Gasteiger partial charge in [-0.2, -0.15) is 0 Å². The van der Waals surface area contributed by atoms with Gasteiger partial charge in [-0.25, -0.2) is 0 Å². The van der Waals surface area contributed by atoms with Gasteiger partial charge in [0.15, 0.2) is 0 Å². The van der Waals surface area contributed by atoms with Gasteiger partial charge in [-0.1, -0.05) is 20.8 Å². The molecule has 1 aliphatic heterocycles. The van der Waals surface area contributed by atoms with Gasteiger partial charge in [0.2, 0.25) is 5.91 Å². The maximum atomic E-state index is 12.7. The number of hydrogen-bond acceptors (Lipinski definition) is 2. The first-order chi connectivity index (χ1) is 9.30. The number of piperidine rings is 1. The van der Waals surface area contributed by atoms with Crippen LogP contribution in [0.4, 0.5) is 0 Å². The SMILES string of the molecule is CC1(C(=O)NC2CC3CCC2(C)C3(C)C)CCCCN1. The quantitative estimate of drug-likeness (QED) is 0.815. The third kappa shape index (κ3) is 1.85. The van der Waals surface area contributed by atoms with Crippen LogP contribution in [0.2, 0.25) is 0 Å². The maximum Gasteiger partial charge on any atom is 0.240 e. The van der Waals surface area contributed by atoms with Gasteiger partial charge in [0.25, 0.3) is 0 Å². The maximum absolute atomic E-state index is 12.7. The lowest BCUT2D eigenvalue weighted by Gasteiger charge is -2.41. The number of rotatable bonds is 2. The van der Waals surface area contributed by atoms with E-state index < -0.39 is 0 Å². The van der Waals surface area contributed by atoms with Crippen molar-refractivity contribution in [3.8, 4) is 0 Å². The molecule has 0 aromatic heterocycles. The van der Waals surface area contributed by atoms with Crippen LogP contribution in [0.5, 0.6) is 0 Å². The summed E-state index contributed by atoms with van der Waals surface area (Å²) in [4.78, 5) is 12.7. The minimum absolute atomic E-state index is 0.228. The van der Waals surface area contributed by atoms with Crippen molar-refractivity contribution in [2.45, 2.75) is 77.8 Å². The molecule has 4 atom stereocenters. The van der Waals surface area contributed by atoms with Crippen LogP contribution >= 0.6 is 0 Å². The van der Waals surface area contributed by atoms with Crippen molar-refractivity contribution in [2.24, 2.45) is 16.7 Å². The highest BCUT2D eigenvalue weighted by atomic mass is 16.2. The molecule has 1 heterocycles. The Balaban J connectivity index is 1.72. The van der Waals surface area contributed by atoms with Crippen molar-refractivity contribution in [1.82, 2.24) is 10.6 Å². The second-order valence-electron chi connectivity index (χ2n) is 8.35. The van der Waals surface area contributed by atoms with Crippen LogP contribution in [-0.2, 0) is 4.79 Å². The molecule has 3 fully saturated rings. The zero-order valence-corrected chi connectivity index (χ0v) is 13.5. The van der Waals surface area contributed by atoms with Crippen LogP contribution in [0.3, 0.4) is 0 Å². The highest BCUT2D eigenvalue weighted by Gasteiger charge is 2.61. The molecule has 4 unspecified atom stereocenters. The summed E-state index contributed by atoms with van der Waals surface area (Å²) in [5.41, 5.74) is 0.296. The van der Waals surface area contributed by atoms with E-state index in [4.69, 9.17) is 0 Å². The highest BCUT2D eigenvalue weighted by Crippen LogP contribution is 2.65. The fourth-order valence-corrected chi connectivity index (χ4v) is 4.99. The van der Waals surface area contributed by atoms with Gasteiger partial charge in [-0.3, -0.25) is 4.79 Å². The van der Waals surface area contributed by atoms with E-state index in [1.165, 1.54) is 25.7 Å². The van der Waals surface area contributed by atoms with E-state index in [1.807, 2.05) is 0 Å². The zero-order chi connectivity index (χ0) is 14.6. The first-order valence-electron chi connectivity index (χ1n) is 8.36. The molecule has 0 aromatic carbocycles. The van der Waals surface area contributed by atoms with Crippen molar-refractivity contribution in [3.05, 3.63) is 0 Å². The average molecular weight is 278 g/mol. The van der Waals surface area contributed by atoms with Gasteiger partial charge in [-0.15, -0.1) is 0 Å². The van der Waals surface area contributed by atoms with E-state index in [1.54, 1.807) is 0 Å². The molecule has 3 nitrogen and oxygen atoms in total. The van der Waals surface area contributed by atoms with E-state index in [0.717, 1.165) is 25.3 Å². The fraction of sp³-hybridized carbons (Fsp3) is 0.941. The lowest BCUT2D eigenvalue weighted by Crippen LogP contribution is -2.60. The van der Waals surface area contributed by atoms with Gasteiger partial charge in [0, 0.05) is 6.04 Å². The molecule has 20 heavy (non-hydrogen) atoms. The van der Waals surface area contributed by atoms with Crippen LogP contribution in [0.1, 0.15) is 66.2 Å². The minimum atomic E-state index is -0.347. The summed E-state index contributed by atoms with van der Waals surface area (Å²) in [6.07, 6.45) is 7.09. The smallest absolute Gasteiger partial charge is 0.240 e. The lowest BCUT2D eigenvalue weighted by molar-refractivity contribution is -0.129. The molecule has 3 heteroatoms. The summed E-state index contributed by atoms with van der Waals surface area (Å²) in [6, 6.07) is 0.365. The summed E-state index contributed by atoms with van der Waals surface area (Å²) in [6.45, 7) is 10.2. The second-order valence-corrected chi connectivity index (χ2v) is 8.35. The summed E-state index contributed by atoms with van der Waals surface area (Å²) in [7, 11) is 0. The molecule has 0 spiro atoms. The van der Waals surface area contributed by atoms with E-state index >= 15 is 0 Å². The Hall–Kier alpha value is -0.570. The normalized spacial score (nSPS) is 46.4. The van der Waals surface area contributed by atoms with Crippen LogP contribution in [0, 0.1) is 16.7 Å². The first-order valence-corrected chi connectivity index (χ1v) is 8.36. The van der Waals surface area contributed by atoms with Crippen molar-refractivity contribution < 1.29 is 4.79 Å². The fourth-order valence-electron chi connectivity index (χ4n) is 4.99. The Morgan fingerprint density at radius 2 is 1.90 bits per heavy atom. The minimum Gasteiger partial charge on any atom is -0.351 e.